The van der Waals surface area contributed by atoms with Gasteiger partial charge >= 0.3 is 6.03 Å². The number of hydrazone groups is 1. The lowest BCUT2D eigenvalue weighted by Crippen LogP contribution is -2.25. The van der Waals surface area contributed by atoms with Gasteiger partial charge in [-0.15, -0.1) is 0 Å². The number of urea groups is 1. The number of carbonyl (C=O) groups is 1. The highest BCUT2D eigenvalue weighted by molar-refractivity contribution is 9.10. The smallest absolute Gasteiger partial charge is 0.332 e. The van der Waals surface area contributed by atoms with Crippen LogP contribution in [0.2, 0.25) is 0 Å². The number of nitrogens with two attached hydrogens (primary N) is 1. The van der Waals surface area contributed by atoms with Crippen molar-refractivity contribution in [3.63, 3.8) is 0 Å². The van der Waals surface area contributed by atoms with Crippen molar-refractivity contribution in [1.29, 1.82) is 0 Å². The van der Waals surface area contributed by atoms with Crippen molar-refractivity contribution in [2.24, 2.45) is 10.8 Å². The number of nitrogens with one attached hydrogen (secondary N) is 1. The van der Waals surface area contributed by atoms with Crippen LogP contribution in [0, 0.1) is 0 Å². The third-order valence-corrected chi connectivity index (χ3v) is 4.20. The highest BCUT2D eigenvalue weighted by atomic mass is 79.9. The van der Waals surface area contributed by atoms with Crippen molar-refractivity contribution >= 4 is 39.4 Å². The quantitative estimate of drug-likeness (QED) is 0.636. The molecule has 2 rings (SSSR count). The fourth-order valence-corrected chi connectivity index (χ4v) is 2.69. The summed E-state index contributed by atoms with van der Waals surface area (Å²) in [7, 11) is 0. The molecule has 0 aliphatic rings. The van der Waals surface area contributed by atoms with E-state index in [1.165, 1.54) is 4.90 Å². The van der Waals surface area contributed by atoms with E-state index < -0.39 is 6.03 Å². The average molecular weight is 364 g/mol. The topological polar surface area (TPSA) is 67.5 Å². The minimum absolute atomic E-state index is 0.670. The first-order valence-electron chi connectivity index (χ1n) is 6.18. The fourth-order valence-electron chi connectivity index (χ4n) is 1.61. The number of nitrogens with zero attached hydrogens (tertiary/aromatic N) is 1. The van der Waals surface area contributed by atoms with Crippen molar-refractivity contribution in [3.05, 3.63) is 58.6 Å². The highest BCUT2D eigenvalue weighted by Crippen LogP contribution is 2.28. The number of halogens is 1. The lowest BCUT2D eigenvalue weighted by atomic mass is 10.1. The molecule has 0 saturated carbocycles. The van der Waals surface area contributed by atoms with Crippen molar-refractivity contribution in [1.82, 2.24) is 5.43 Å². The molecule has 0 radical (unpaired) electrons. The fraction of sp³-hybridized carbons (Fsp3) is 0.0667. The molecule has 108 valence electrons. The van der Waals surface area contributed by atoms with Gasteiger partial charge in [-0.25, -0.2) is 10.2 Å². The van der Waals surface area contributed by atoms with E-state index >= 15 is 0 Å². The summed E-state index contributed by atoms with van der Waals surface area (Å²) in [6, 6.07) is 15.4. The Bertz CT molecular complexity index is 654. The molecule has 4 nitrogen and oxygen atoms in total. The van der Waals surface area contributed by atoms with Gasteiger partial charge in [0, 0.05) is 14.3 Å². The molecule has 0 unspecified atom stereocenters. The van der Waals surface area contributed by atoms with E-state index in [0.717, 1.165) is 14.9 Å². The molecule has 0 bridgehead atoms. The Kier molecular flexibility index (Phi) is 5.41. The molecule has 0 aliphatic heterocycles. The van der Waals surface area contributed by atoms with E-state index in [4.69, 9.17) is 5.73 Å². The van der Waals surface area contributed by atoms with Crippen LogP contribution in [0.15, 0.2) is 67.9 Å². The van der Waals surface area contributed by atoms with Gasteiger partial charge in [-0.3, -0.25) is 0 Å². The van der Waals surface area contributed by atoms with E-state index in [0.29, 0.717) is 5.71 Å². The van der Waals surface area contributed by atoms with Crippen molar-refractivity contribution in [2.75, 3.05) is 0 Å². The van der Waals surface area contributed by atoms with Crippen LogP contribution in [0.1, 0.15) is 12.5 Å². The summed E-state index contributed by atoms with van der Waals surface area (Å²) >= 11 is 5.10. The summed E-state index contributed by atoms with van der Waals surface area (Å²) in [5, 5.41) is 3.90. The van der Waals surface area contributed by atoms with Gasteiger partial charge in [0.2, 0.25) is 0 Å². The molecule has 0 spiro atoms. The van der Waals surface area contributed by atoms with Gasteiger partial charge in [-0.1, -0.05) is 39.8 Å². The molecule has 0 aromatic heterocycles. The molecular formula is C15H14BrN3OS. The van der Waals surface area contributed by atoms with Gasteiger partial charge in [-0.2, -0.15) is 5.10 Å². The molecule has 0 aliphatic carbocycles. The van der Waals surface area contributed by atoms with Crippen molar-refractivity contribution in [2.45, 2.75) is 16.7 Å². The molecule has 6 heteroatoms. The summed E-state index contributed by atoms with van der Waals surface area (Å²) in [5.41, 5.74) is 8.83. The van der Waals surface area contributed by atoms with Gasteiger partial charge in [0.25, 0.3) is 0 Å². The zero-order valence-electron chi connectivity index (χ0n) is 11.3. The Morgan fingerprint density at radius 1 is 1.10 bits per heavy atom. The first-order valence-corrected chi connectivity index (χ1v) is 7.79. The van der Waals surface area contributed by atoms with Gasteiger partial charge in [0.1, 0.15) is 0 Å². The molecule has 0 atom stereocenters. The molecule has 0 heterocycles. The second kappa shape index (κ2) is 7.28. The predicted octanol–water partition coefficient (Wildman–Crippen LogP) is 3.99. The largest absolute Gasteiger partial charge is 0.350 e. The van der Waals surface area contributed by atoms with Crippen LogP contribution in [0.4, 0.5) is 4.79 Å². The monoisotopic (exact) mass is 363 g/mol. The average Bonchev–Trinajstić information content (AvgIpc) is 2.48. The summed E-state index contributed by atoms with van der Waals surface area (Å²) in [5.74, 6) is 0. The standard InChI is InChI=1S/C15H14BrN3OS/c1-10(18-19-15(17)20)11-2-6-13(7-3-11)21-14-8-4-12(16)5-9-14/h2-9H,1H3,(H3,17,19,20)/b18-10+. The minimum Gasteiger partial charge on any atom is -0.350 e. The Morgan fingerprint density at radius 2 is 1.62 bits per heavy atom. The molecular weight excluding hydrogens is 350 g/mol. The van der Waals surface area contributed by atoms with Crippen molar-refractivity contribution in [3.8, 4) is 0 Å². The number of carbonyl (C=O) groups excluding carboxylic acids is 1. The Hall–Kier alpha value is -1.79. The maximum Gasteiger partial charge on any atom is 0.332 e. The summed E-state index contributed by atoms with van der Waals surface area (Å²) < 4.78 is 1.07. The first-order chi connectivity index (χ1) is 10.0. The number of primary amides is 1. The molecule has 0 saturated heterocycles. The summed E-state index contributed by atoms with van der Waals surface area (Å²) in [4.78, 5) is 12.9. The number of benzene rings is 2. The Labute approximate surface area is 135 Å². The van der Waals surface area contributed by atoms with Crippen LogP contribution < -0.4 is 11.2 Å². The second-order valence-electron chi connectivity index (χ2n) is 4.25. The third-order valence-electron chi connectivity index (χ3n) is 2.66. The van der Waals surface area contributed by atoms with E-state index in [1.807, 2.05) is 43.3 Å². The molecule has 2 aromatic rings. The minimum atomic E-state index is -0.670. The lowest BCUT2D eigenvalue weighted by Gasteiger charge is -2.04. The normalized spacial score (nSPS) is 11.2. The van der Waals surface area contributed by atoms with Gasteiger partial charge in [0.15, 0.2) is 0 Å². The molecule has 2 amide bonds. The predicted molar refractivity (Wildman–Crippen MR) is 89.6 cm³/mol. The van der Waals surface area contributed by atoms with Gasteiger partial charge < -0.3 is 5.73 Å². The molecule has 2 aromatic carbocycles. The number of amides is 2. The Morgan fingerprint density at radius 3 is 2.14 bits per heavy atom. The van der Waals surface area contributed by atoms with E-state index in [1.54, 1.807) is 11.8 Å². The maximum atomic E-state index is 10.6. The second-order valence-corrected chi connectivity index (χ2v) is 6.32. The van der Waals surface area contributed by atoms with Crippen LogP contribution in [0.3, 0.4) is 0 Å². The molecule has 3 N–H and O–H groups in total. The summed E-state index contributed by atoms with van der Waals surface area (Å²) in [6.07, 6.45) is 0. The van der Waals surface area contributed by atoms with Crippen LogP contribution in [-0.4, -0.2) is 11.7 Å². The lowest BCUT2D eigenvalue weighted by molar-refractivity contribution is 0.249. The van der Waals surface area contributed by atoms with Crippen LogP contribution in [-0.2, 0) is 0 Å². The Balaban J connectivity index is 2.06. The maximum absolute atomic E-state index is 10.6. The zero-order chi connectivity index (χ0) is 15.2. The van der Waals surface area contributed by atoms with Gasteiger partial charge in [-0.05, 0) is 48.9 Å². The van der Waals surface area contributed by atoms with E-state index in [2.05, 4.69) is 38.6 Å². The number of rotatable bonds is 4. The zero-order valence-corrected chi connectivity index (χ0v) is 13.7. The number of hydrogen-bond acceptors (Lipinski definition) is 3. The first kappa shape index (κ1) is 15.6. The number of hydrogen-bond donors (Lipinski definition) is 2. The van der Waals surface area contributed by atoms with Crippen LogP contribution in [0.25, 0.3) is 0 Å². The third kappa shape index (κ3) is 4.91. The van der Waals surface area contributed by atoms with Crippen molar-refractivity contribution < 1.29 is 4.79 Å². The SMILES string of the molecule is C/C(=N\NC(N)=O)c1ccc(Sc2ccc(Br)cc2)cc1. The molecule has 0 fully saturated rings. The van der Waals surface area contributed by atoms with Crippen LogP contribution in [0.5, 0.6) is 0 Å². The highest BCUT2D eigenvalue weighted by Gasteiger charge is 2.01. The molecule has 21 heavy (non-hydrogen) atoms. The van der Waals surface area contributed by atoms with E-state index in [-0.39, 0.29) is 0 Å². The van der Waals surface area contributed by atoms with Gasteiger partial charge in [0.05, 0.1) is 5.71 Å². The summed E-state index contributed by atoms with van der Waals surface area (Å²) in [6.45, 7) is 1.81. The van der Waals surface area contributed by atoms with Crippen LogP contribution >= 0.6 is 27.7 Å². The van der Waals surface area contributed by atoms with E-state index in [9.17, 15) is 4.79 Å².